The summed E-state index contributed by atoms with van der Waals surface area (Å²) in [5, 5.41) is 14.9. The van der Waals surface area contributed by atoms with Crippen LogP contribution in [0.25, 0.3) is 0 Å². The summed E-state index contributed by atoms with van der Waals surface area (Å²) in [6.45, 7) is 9.80. The second kappa shape index (κ2) is 19.8. The van der Waals surface area contributed by atoms with E-state index in [1.54, 1.807) is 0 Å². The van der Waals surface area contributed by atoms with Crippen molar-refractivity contribution in [1.82, 2.24) is 36.8 Å². The first-order valence-corrected chi connectivity index (χ1v) is 16.3. The van der Waals surface area contributed by atoms with Crippen molar-refractivity contribution in [3.63, 3.8) is 0 Å². The molecule has 2 rings (SSSR count). The number of carbonyl (C=O) groups excluding carboxylic acids is 8. The minimum absolute atomic E-state index is 0.0742. The zero-order valence-corrected chi connectivity index (χ0v) is 28.8. The number of rotatable bonds is 20. The lowest BCUT2D eigenvalue weighted by Gasteiger charge is -2.31. The Morgan fingerprint density at radius 1 is 0.796 bits per heavy atom. The van der Waals surface area contributed by atoms with Crippen LogP contribution in [0.15, 0.2) is 35.5 Å². The van der Waals surface area contributed by atoms with Crippen LogP contribution < -0.4 is 31.9 Å². The van der Waals surface area contributed by atoms with Gasteiger partial charge in [-0.3, -0.25) is 43.3 Å². The van der Waals surface area contributed by atoms with E-state index in [1.165, 1.54) is 5.57 Å². The van der Waals surface area contributed by atoms with Gasteiger partial charge in [0.05, 0.1) is 44.2 Å². The average Bonchev–Trinajstić information content (AvgIpc) is 3.68. The van der Waals surface area contributed by atoms with E-state index in [0.29, 0.717) is 17.7 Å². The number of hydrogen-bond donors (Lipinski definition) is 6. The Hall–Kier alpha value is -4.86. The van der Waals surface area contributed by atoms with E-state index in [4.69, 9.17) is 4.74 Å². The highest BCUT2D eigenvalue weighted by Gasteiger charge is 2.42. The second-order valence-corrected chi connectivity index (χ2v) is 12.0. The second-order valence-electron chi connectivity index (χ2n) is 12.0. The highest BCUT2D eigenvalue weighted by molar-refractivity contribution is 6.14. The normalized spacial score (nSPS) is 16.0. The number of hydrogen-bond acceptors (Lipinski definition) is 9. The Morgan fingerprint density at radius 3 is 1.71 bits per heavy atom. The molecule has 0 saturated heterocycles. The zero-order valence-electron chi connectivity index (χ0n) is 28.8. The van der Waals surface area contributed by atoms with E-state index in [0.717, 1.165) is 49.0 Å². The Morgan fingerprint density at radius 2 is 1.27 bits per heavy atom. The van der Waals surface area contributed by atoms with Crippen LogP contribution in [0.5, 0.6) is 0 Å². The molecule has 1 heterocycles. The minimum atomic E-state index is -0.744. The summed E-state index contributed by atoms with van der Waals surface area (Å²) in [6, 6.07) is -0.152. The van der Waals surface area contributed by atoms with Gasteiger partial charge in [0.15, 0.2) is 0 Å². The van der Waals surface area contributed by atoms with E-state index in [-0.39, 0.29) is 31.8 Å². The summed E-state index contributed by atoms with van der Waals surface area (Å²) >= 11 is 0. The Balaban J connectivity index is 1.65. The summed E-state index contributed by atoms with van der Waals surface area (Å²) in [6.07, 6.45) is 6.78. The summed E-state index contributed by atoms with van der Waals surface area (Å²) < 4.78 is 5.72. The van der Waals surface area contributed by atoms with Crippen molar-refractivity contribution >= 4 is 47.3 Å². The van der Waals surface area contributed by atoms with Crippen LogP contribution in [0.2, 0.25) is 0 Å². The number of imide groups is 1. The van der Waals surface area contributed by atoms with Gasteiger partial charge in [0.25, 0.3) is 11.8 Å². The molecule has 6 N–H and O–H groups in total. The van der Waals surface area contributed by atoms with Crippen molar-refractivity contribution in [3.8, 4) is 0 Å². The number of carbonyl (C=O) groups is 8. The van der Waals surface area contributed by atoms with E-state index >= 15 is 0 Å². The van der Waals surface area contributed by atoms with Gasteiger partial charge >= 0.3 is 0 Å². The van der Waals surface area contributed by atoms with Gasteiger partial charge in [-0.1, -0.05) is 44.4 Å². The van der Waals surface area contributed by atoms with Crippen molar-refractivity contribution < 1.29 is 43.1 Å². The number of nitrogens with zero attached hydrogens (tertiary/aromatic N) is 1. The van der Waals surface area contributed by atoms with E-state index < -0.39 is 72.9 Å². The van der Waals surface area contributed by atoms with Crippen molar-refractivity contribution in [2.75, 3.05) is 46.1 Å². The number of amides is 8. The molecule has 8 amide bonds. The van der Waals surface area contributed by atoms with Gasteiger partial charge in [-0.2, -0.15) is 0 Å². The van der Waals surface area contributed by atoms with Crippen molar-refractivity contribution in [1.29, 1.82) is 0 Å². The molecule has 1 aliphatic carbocycles. The fourth-order valence-corrected chi connectivity index (χ4v) is 5.46. The van der Waals surface area contributed by atoms with E-state index in [9.17, 15) is 38.4 Å². The Kier molecular flexibility index (Phi) is 16.3. The lowest BCUT2D eigenvalue weighted by molar-refractivity contribution is -0.141. The first kappa shape index (κ1) is 40.3. The molecule has 2 aliphatic rings. The predicted molar refractivity (Wildman–Crippen MR) is 178 cm³/mol. The SMILES string of the molecule is C=C(C)/C(=C(\C)CC)C(CC)NC(=O)C1(COCNC(=O)CNC(=O)CNC(=O)CNC(=O)CNC(=O)CN2C(=O)C=CC2=O)CCCC1. The maximum absolute atomic E-state index is 13.5. The third kappa shape index (κ3) is 12.9. The Bertz CT molecular complexity index is 1350. The first-order valence-electron chi connectivity index (χ1n) is 16.3. The third-order valence-corrected chi connectivity index (χ3v) is 8.29. The van der Waals surface area contributed by atoms with Crippen LogP contribution in [0.4, 0.5) is 0 Å². The molecule has 1 atom stereocenters. The van der Waals surface area contributed by atoms with Gasteiger partial charge in [-0.05, 0) is 45.1 Å². The largest absolute Gasteiger partial charge is 0.360 e. The molecule has 270 valence electrons. The van der Waals surface area contributed by atoms with Crippen LogP contribution in [0, 0.1) is 5.41 Å². The highest BCUT2D eigenvalue weighted by atomic mass is 16.5. The molecule has 0 aromatic carbocycles. The van der Waals surface area contributed by atoms with E-state index in [1.807, 2.05) is 13.8 Å². The number of nitrogens with one attached hydrogen (secondary N) is 6. The third-order valence-electron chi connectivity index (χ3n) is 8.29. The lowest BCUT2D eigenvalue weighted by atomic mass is 9.84. The molecular weight excluding hydrogens is 638 g/mol. The van der Waals surface area contributed by atoms with E-state index in [2.05, 4.69) is 52.3 Å². The molecule has 16 nitrogen and oxygen atoms in total. The minimum Gasteiger partial charge on any atom is -0.360 e. The van der Waals surface area contributed by atoms with Gasteiger partial charge in [0.2, 0.25) is 35.4 Å². The molecule has 0 aromatic rings. The van der Waals surface area contributed by atoms with Crippen LogP contribution in [-0.2, 0) is 43.1 Å². The zero-order chi connectivity index (χ0) is 36.6. The molecule has 49 heavy (non-hydrogen) atoms. The topological polar surface area (TPSA) is 221 Å². The maximum atomic E-state index is 13.5. The molecule has 0 bridgehead atoms. The fourth-order valence-electron chi connectivity index (χ4n) is 5.46. The standard InChI is InChI=1S/C33H49N7O9/c1-6-22(5)31(21(3)4)23(7-2)39-32(48)33(12-8-9-13-33)19-49-20-38-27(44)17-36-25(42)15-34-24(41)14-35-26(43)16-37-28(45)18-40-29(46)10-11-30(40)47/h10-11,23H,3,6-9,12-20H2,1-2,4-5H3,(H,34,41)(H,35,43)(H,36,42)(H,37,45)(H,38,44)(H,39,48)/b31-22-. The molecule has 0 aromatic heterocycles. The quantitative estimate of drug-likeness (QED) is 0.0409. The number of allylic oxidation sites excluding steroid dienone is 1. The summed E-state index contributed by atoms with van der Waals surface area (Å²) in [5.41, 5.74) is 2.48. The van der Waals surface area contributed by atoms with Gasteiger partial charge in [-0.25, -0.2) is 0 Å². The summed E-state index contributed by atoms with van der Waals surface area (Å²) in [7, 11) is 0. The molecule has 1 unspecified atom stereocenters. The smallest absolute Gasteiger partial charge is 0.254 e. The monoisotopic (exact) mass is 687 g/mol. The maximum Gasteiger partial charge on any atom is 0.254 e. The van der Waals surface area contributed by atoms with Crippen LogP contribution in [0.3, 0.4) is 0 Å². The van der Waals surface area contributed by atoms with Crippen LogP contribution >= 0.6 is 0 Å². The summed E-state index contributed by atoms with van der Waals surface area (Å²) in [4.78, 5) is 97.1. The van der Waals surface area contributed by atoms with Crippen molar-refractivity contribution in [2.24, 2.45) is 5.41 Å². The van der Waals surface area contributed by atoms with Crippen molar-refractivity contribution in [2.45, 2.75) is 72.3 Å². The number of ether oxygens (including phenoxy) is 1. The van der Waals surface area contributed by atoms with Gasteiger partial charge in [-0.15, -0.1) is 0 Å². The van der Waals surface area contributed by atoms with Crippen molar-refractivity contribution in [3.05, 3.63) is 35.5 Å². The van der Waals surface area contributed by atoms with Crippen LogP contribution in [-0.4, -0.2) is 104 Å². The fraction of sp³-hybridized carbons (Fsp3) is 0.576. The first-order chi connectivity index (χ1) is 23.2. The van der Waals surface area contributed by atoms with Gasteiger partial charge < -0.3 is 36.6 Å². The highest BCUT2D eigenvalue weighted by Crippen LogP contribution is 2.39. The summed E-state index contributed by atoms with van der Waals surface area (Å²) in [5.74, 6) is -4.71. The van der Waals surface area contributed by atoms with Crippen LogP contribution in [0.1, 0.15) is 66.2 Å². The Labute approximate surface area is 286 Å². The lowest BCUT2D eigenvalue weighted by Crippen LogP contribution is -2.48. The molecule has 1 aliphatic heterocycles. The van der Waals surface area contributed by atoms with Gasteiger partial charge in [0.1, 0.15) is 13.3 Å². The molecule has 0 radical (unpaired) electrons. The molecule has 1 saturated carbocycles. The molecule has 16 heteroatoms. The molecule has 1 fully saturated rings. The average molecular weight is 688 g/mol. The predicted octanol–water partition coefficient (Wildman–Crippen LogP) is -0.776. The molecule has 0 spiro atoms. The molecular formula is C33H49N7O9. The van der Waals surface area contributed by atoms with Gasteiger partial charge in [0, 0.05) is 12.2 Å².